The molecule has 0 saturated heterocycles. The van der Waals surface area contributed by atoms with Gasteiger partial charge < -0.3 is 4.98 Å². The van der Waals surface area contributed by atoms with Gasteiger partial charge in [-0.25, -0.2) is 4.98 Å². The van der Waals surface area contributed by atoms with Gasteiger partial charge in [-0.2, -0.15) is 8.42 Å². The minimum atomic E-state index is -4.16. The van der Waals surface area contributed by atoms with Gasteiger partial charge in [0.2, 0.25) is 0 Å². The number of nitrogens with zero attached hydrogens (tertiary/aromatic N) is 1. The van der Waals surface area contributed by atoms with E-state index in [2.05, 4.69) is 14.2 Å². The van der Waals surface area contributed by atoms with Gasteiger partial charge in [-0.3, -0.25) is 8.74 Å². The molecule has 0 aliphatic rings. The van der Waals surface area contributed by atoms with Crippen molar-refractivity contribution < 1.29 is 17.2 Å². The molecule has 0 saturated carbocycles. The monoisotopic (exact) mass is 220 g/mol. The summed E-state index contributed by atoms with van der Waals surface area (Å²) in [6.07, 6.45) is 7.39. The quantitative estimate of drug-likeness (QED) is 0.722. The van der Waals surface area contributed by atoms with Crippen LogP contribution in [0.3, 0.4) is 0 Å². The fourth-order valence-corrected chi connectivity index (χ4v) is 0.526. The van der Waals surface area contributed by atoms with E-state index in [0.717, 1.165) is 12.9 Å². The number of allylic oxidation sites excluding steroid dienone is 1. The van der Waals surface area contributed by atoms with Crippen LogP contribution in [0.25, 0.3) is 6.08 Å². The number of nitrogens with one attached hydrogen (secondary N) is 1. The zero-order chi connectivity index (χ0) is 11.0. The van der Waals surface area contributed by atoms with Crippen LogP contribution in [0.4, 0.5) is 0 Å². The van der Waals surface area contributed by atoms with Gasteiger partial charge in [-0.1, -0.05) is 6.08 Å². The number of hydrogen-bond donors (Lipinski definition) is 2. The maximum atomic E-state index is 9.33. The number of aromatic nitrogens is 2. The summed E-state index contributed by atoms with van der Waals surface area (Å²) in [5.74, 6) is 0.910. The number of rotatable bonds is 2. The van der Waals surface area contributed by atoms with E-state index in [0.29, 0.717) is 0 Å². The first kappa shape index (κ1) is 12.8. The first-order valence-corrected chi connectivity index (χ1v) is 5.01. The van der Waals surface area contributed by atoms with Gasteiger partial charge in [-0.05, 0) is 13.0 Å². The van der Waals surface area contributed by atoms with E-state index in [9.17, 15) is 8.42 Å². The molecule has 6 nitrogen and oxygen atoms in total. The minimum absolute atomic E-state index is 0.870. The predicted octanol–water partition coefficient (Wildman–Crippen LogP) is 0.878. The van der Waals surface area contributed by atoms with Gasteiger partial charge in [0, 0.05) is 12.4 Å². The molecule has 0 radical (unpaired) electrons. The van der Waals surface area contributed by atoms with E-state index in [1.165, 1.54) is 0 Å². The molecule has 1 heterocycles. The summed E-state index contributed by atoms with van der Waals surface area (Å²) in [5.41, 5.74) is 0. The summed E-state index contributed by atoms with van der Waals surface area (Å²) < 4.78 is 29.7. The normalized spacial score (nSPS) is 11.1. The Balaban J connectivity index is 0.000000255. The van der Waals surface area contributed by atoms with E-state index < -0.39 is 10.4 Å². The lowest BCUT2D eigenvalue weighted by Gasteiger charge is -1.82. The van der Waals surface area contributed by atoms with Crippen molar-refractivity contribution in [3.63, 3.8) is 0 Å². The second kappa shape index (κ2) is 6.30. The first-order valence-electron chi connectivity index (χ1n) is 3.64. The molecular formula is C7H12N2O4S. The van der Waals surface area contributed by atoms with Crippen molar-refractivity contribution in [1.29, 1.82) is 0 Å². The lowest BCUT2D eigenvalue weighted by atomic mass is 10.5. The highest BCUT2D eigenvalue weighted by Crippen LogP contribution is 1.89. The molecule has 0 aliphatic carbocycles. The summed E-state index contributed by atoms with van der Waals surface area (Å²) >= 11 is 0. The molecule has 1 aromatic rings. The molecule has 14 heavy (non-hydrogen) atoms. The van der Waals surface area contributed by atoms with Crippen molar-refractivity contribution >= 4 is 16.5 Å². The van der Waals surface area contributed by atoms with E-state index in [1.54, 1.807) is 12.4 Å². The fourth-order valence-electron chi connectivity index (χ4n) is 0.526. The van der Waals surface area contributed by atoms with E-state index in [-0.39, 0.29) is 0 Å². The molecule has 0 spiro atoms. The molecule has 1 aromatic heterocycles. The Kier molecular flexibility index (Phi) is 5.77. The Hall–Kier alpha value is -1.18. The van der Waals surface area contributed by atoms with E-state index in [4.69, 9.17) is 4.55 Å². The van der Waals surface area contributed by atoms with Gasteiger partial charge in [0.05, 0.1) is 7.11 Å². The Bertz CT molecular complexity index is 355. The van der Waals surface area contributed by atoms with Crippen LogP contribution in [0.1, 0.15) is 12.7 Å². The molecule has 7 heteroatoms. The average Bonchev–Trinajstić information content (AvgIpc) is 2.58. The summed E-state index contributed by atoms with van der Waals surface area (Å²) in [5, 5.41) is 0. The Morgan fingerprint density at radius 2 is 2.21 bits per heavy atom. The number of hydrogen-bond acceptors (Lipinski definition) is 4. The van der Waals surface area contributed by atoms with Gasteiger partial charge in [-0.15, -0.1) is 0 Å². The lowest BCUT2D eigenvalue weighted by molar-refractivity contribution is 0.324. The zero-order valence-electron chi connectivity index (χ0n) is 7.84. The molecule has 0 unspecified atom stereocenters. The molecule has 0 bridgehead atoms. The Morgan fingerprint density at radius 1 is 1.64 bits per heavy atom. The molecule has 0 aromatic carbocycles. The summed E-state index contributed by atoms with van der Waals surface area (Å²) in [4.78, 5) is 6.90. The van der Waals surface area contributed by atoms with Crippen molar-refractivity contribution in [2.45, 2.75) is 6.92 Å². The third-order valence-electron chi connectivity index (χ3n) is 1.05. The van der Waals surface area contributed by atoms with E-state index in [1.807, 2.05) is 19.1 Å². The van der Waals surface area contributed by atoms with Crippen LogP contribution in [0.15, 0.2) is 18.5 Å². The van der Waals surface area contributed by atoms with Gasteiger partial charge >= 0.3 is 10.4 Å². The maximum Gasteiger partial charge on any atom is 0.397 e. The number of imidazole rings is 1. The van der Waals surface area contributed by atoms with Crippen molar-refractivity contribution in [1.82, 2.24) is 9.97 Å². The maximum absolute atomic E-state index is 9.33. The SMILES string of the molecule is CC=Cc1ncc[nH]1.COS(=O)(=O)O. The van der Waals surface area contributed by atoms with Crippen LogP contribution >= 0.6 is 0 Å². The van der Waals surface area contributed by atoms with Gasteiger partial charge in [0.25, 0.3) is 0 Å². The summed E-state index contributed by atoms with van der Waals surface area (Å²) in [6, 6.07) is 0. The molecule has 0 aliphatic heterocycles. The zero-order valence-corrected chi connectivity index (χ0v) is 8.65. The molecule has 0 fully saturated rings. The smallest absolute Gasteiger partial charge is 0.345 e. The highest BCUT2D eigenvalue weighted by Gasteiger charge is 1.94. The molecule has 0 atom stereocenters. The highest BCUT2D eigenvalue weighted by atomic mass is 32.3. The molecule has 0 amide bonds. The minimum Gasteiger partial charge on any atom is -0.345 e. The molecule has 80 valence electrons. The van der Waals surface area contributed by atoms with Crippen LogP contribution in [0.5, 0.6) is 0 Å². The third-order valence-corrected chi connectivity index (χ3v) is 1.48. The second-order valence-electron chi connectivity index (χ2n) is 2.07. The fraction of sp³-hybridized carbons (Fsp3) is 0.286. The highest BCUT2D eigenvalue weighted by molar-refractivity contribution is 7.80. The largest absolute Gasteiger partial charge is 0.397 e. The van der Waals surface area contributed by atoms with Crippen molar-refractivity contribution in [3.05, 3.63) is 24.3 Å². The molecule has 2 N–H and O–H groups in total. The standard InChI is InChI=1S/C6H8N2.CH4O4S/c1-2-3-6-7-4-5-8-6;1-5-6(2,3)4/h2-5H,1H3,(H,7,8);1H3,(H,2,3,4). The van der Waals surface area contributed by atoms with Crippen LogP contribution in [0.2, 0.25) is 0 Å². The van der Waals surface area contributed by atoms with Crippen LogP contribution in [-0.2, 0) is 14.6 Å². The third kappa shape index (κ3) is 7.47. The average molecular weight is 220 g/mol. The molecular weight excluding hydrogens is 208 g/mol. The van der Waals surface area contributed by atoms with Crippen LogP contribution < -0.4 is 0 Å². The van der Waals surface area contributed by atoms with Crippen molar-refractivity contribution in [2.75, 3.05) is 7.11 Å². The summed E-state index contributed by atoms with van der Waals surface area (Å²) in [7, 11) is -3.29. The number of aromatic amines is 1. The lowest BCUT2D eigenvalue weighted by Crippen LogP contribution is -1.96. The van der Waals surface area contributed by atoms with Crippen LogP contribution in [-0.4, -0.2) is 30.0 Å². The Morgan fingerprint density at radius 3 is 2.50 bits per heavy atom. The van der Waals surface area contributed by atoms with Gasteiger partial charge in [0.1, 0.15) is 5.82 Å². The molecule has 1 rings (SSSR count). The topological polar surface area (TPSA) is 92.3 Å². The summed E-state index contributed by atoms with van der Waals surface area (Å²) in [6.45, 7) is 1.96. The predicted molar refractivity (Wildman–Crippen MR) is 51.9 cm³/mol. The first-order chi connectivity index (χ1) is 6.49. The van der Waals surface area contributed by atoms with E-state index >= 15 is 0 Å². The second-order valence-corrected chi connectivity index (χ2v) is 3.26. The van der Waals surface area contributed by atoms with Gasteiger partial charge in [0.15, 0.2) is 0 Å². The van der Waals surface area contributed by atoms with Crippen molar-refractivity contribution in [3.8, 4) is 0 Å². The van der Waals surface area contributed by atoms with Crippen LogP contribution in [0, 0.1) is 0 Å². The Labute approximate surface area is 82.6 Å². The number of H-pyrrole nitrogens is 1. The van der Waals surface area contributed by atoms with Crippen molar-refractivity contribution in [2.24, 2.45) is 0 Å².